The first-order valence-electron chi connectivity index (χ1n) is 7.89. The van der Waals surface area contributed by atoms with Crippen molar-refractivity contribution in [1.82, 2.24) is 9.88 Å². The molecule has 20 heavy (non-hydrogen) atoms. The first-order valence-corrected chi connectivity index (χ1v) is 7.89. The molecule has 2 rings (SSSR count). The maximum atomic E-state index is 5.39. The molecule has 0 spiro atoms. The quantitative estimate of drug-likeness (QED) is 0.836. The molecule has 1 aromatic heterocycles. The summed E-state index contributed by atoms with van der Waals surface area (Å²) >= 11 is 0. The smallest absolute Gasteiger partial charge is 0.0595 e. The fourth-order valence-electron chi connectivity index (χ4n) is 2.43. The molecule has 2 heterocycles. The first kappa shape index (κ1) is 17.1. The second-order valence-electron chi connectivity index (χ2n) is 5.46. The first-order chi connectivity index (χ1) is 9.69. The molecule has 0 bridgehead atoms. The number of hydrogen-bond donors (Lipinski definition) is 0. The van der Waals surface area contributed by atoms with Gasteiger partial charge < -0.3 is 4.74 Å². The topological polar surface area (TPSA) is 25.4 Å². The van der Waals surface area contributed by atoms with E-state index >= 15 is 0 Å². The van der Waals surface area contributed by atoms with Crippen molar-refractivity contribution in [3.05, 3.63) is 29.6 Å². The lowest BCUT2D eigenvalue weighted by atomic mass is 10.1. The highest BCUT2D eigenvalue weighted by atomic mass is 16.5. The van der Waals surface area contributed by atoms with Crippen molar-refractivity contribution in [3.63, 3.8) is 0 Å². The summed E-state index contributed by atoms with van der Waals surface area (Å²) in [5, 5.41) is 0. The van der Waals surface area contributed by atoms with Crippen LogP contribution in [-0.2, 0) is 11.3 Å². The van der Waals surface area contributed by atoms with Crippen LogP contribution in [-0.4, -0.2) is 36.2 Å². The summed E-state index contributed by atoms with van der Waals surface area (Å²) < 4.78 is 5.39. The third-order valence-electron chi connectivity index (χ3n) is 3.71. The molecule has 1 saturated heterocycles. The maximum absolute atomic E-state index is 5.39. The van der Waals surface area contributed by atoms with Crippen molar-refractivity contribution in [3.8, 4) is 0 Å². The molecule has 0 aliphatic carbocycles. The van der Waals surface area contributed by atoms with Crippen molar-refractivity contribution in [2.45, 2.75) is 59.1 Å². The van der Waals surface area contributed by atoms with Crippen molar-refractivity contribution in [2.24, 2.45) is 0 Å². The molecular formula is C17H30N2O. The lowest BCUT2D eigenvalue weighted by Crippen LogP contribution is -2.36. The minimum Gasteiger partial charge on any atom is -0.381 e. The Bertz CT molecular complexity index is 354. The lowest BCUT2D eigenvalue weighted by Gasteiger charge is -2.31. The summed E-state index contributed by atoms with van der Waals surface area (Å²) in [7, 11) is 1.81. The van der Waals surface area contributed by atoms with Gasteiger partial charge in [0.05, 0.1) is 6.10 Å². The summed E-state index contributed by atoms with van der Waals surface area (Å²) in [4.78, 5) is 7.01. The van der Waals surface area contributed by atoms with Gasteiger partial charge in [-0.2, -0.15) is 0 Å². The molecule has 0 atom stereocenters. The zero-order chi connectivity index (χ0) is 15.0. The number of ether oxygens (including phenoxy) is 1. The van der Waals surface area contributed by atoms with Crippen LogP contribution in [0, 0.1) is 0 Å². The van der Waals surface area contributed by atoms with Gasteiger partial charge in [-0.05, 0) is 30.4 Å². The molecule has 0 amide bonds. The Balaban J connectivity index is 0.000000956. The number of likely N-dealkylation sites (tertiary alicyclic amines) is 1. The highest BCUT2D eigenvalue weighted by Gasteiger charge is 2.18. The van der Waals surface area contributed by atoms with E-state index in [9.17, 15) is 0 Å². The maximum Gasteiger partial charge on any atom is 0.0595 e. The summed E-state index contributed by atoms with van der Waals surface area (Å²) in [5.74, 6) is 0.511. The SMILES string of the molecule is CC.COC1CCN(Cc2ccc(C(C)C)nc2)CC1. The number of nitrogens with zero attached hydrogens (tertiary/aromatic N) is 2. The van der Waals surface area contributed by atoms with Gasteiger partial charge in [0.1, 0.15) is 0 Å². The third-order valence-corrected chi connectivity index (χ3v) is 3.71. The number of piperidine rings is 1. The molecule has 0 N–H and O–H groups in total. The monoisotopic (exact) mass is 278 g/mol. The van der Waals surface area contributed by atoms with Crippen LogP contribution >= 0.6 is 0 Å². The number of methoxy groups -OCH3 is 1. The third kappa shape index (κ3) is 5.22. The molecule has 3 heteroatoms. The van der Waals surface area contributed by atoms with Crippen LogP contribution in [0.2, 0.25) is 0 Å². The van der Waals surface area contributed by atoms with Gasteiger partial charge in [0, 0.05) is 38.6 Å². The van der Waals surface area contributed by atoms with E-state index in [1.54, 1.807) is 0 Å². The van der Waals surface area contributed by atoms with Crippen LogP contribution in [0.15, 0.2) is 18.3 Å². The summed E-state index contributed by atoms with van der Waals surface area (Å²) in [6, 6.07) is 4.37. The Kier molecular flexibility index (Phi) is 7.78. The number of pyridine rings is 1. The molecular weight excluding hydrogens is 248 g/mol. The number of hydrogen-bond acceptors (Lipinski definition) is 3. The minimum atomic E-state index is 0.461. The van der Waals surface area contributed by atoms with Crippen molar-refractivity contribution >= 4 is 0 Å². The van der Waals surface area contributed by atoms with Gasteiger partial charge in [-0.15, -0.1) is 0 Å². The van der Waals surface area contributed by atoms with E-state index in [-0.39, 0.29) is 0 Å². The van der Waals surface area contributed by atoms with Gasteiger partial charge in [0.25, 0.3) is 0 Å². The number of aromatic nitrogens is 1. The second-order valence-corrected chi connectivity index (χ2v) is 5.46. The predicted octanol–water partition coefficient (Wildman–Crippen LogP) is 3.84. The minimum absolute atomic E-state index is 0.461. The van der Waals surface area contributed by atoms with E-state index < -0.39 is 0 Å². The summed E-state index contributed by atoms with van der Waals surface area (Å²) in [6.07, 6.45) is 4.78. The Hall–Kier alpha value is -0.930. The average Bonchev–Trinajstić information content (AvgIpc) is 2.50. The van der Waals surface area contributed by atoms with Crippen molar-refractivity contribution in [1.29, 1.82) is 0 Å². The lowest BCUT2D eigenvalue weighted by molar-refractivity contribution is 0.0388. The predicted molar refractivity (Wildman–Crippen MR) is 85.0 cm³/mol. The van der Waals surface area contributed by atoms with Gasteiger partial charge >= 0.3 is 0 Å². The van der Waals surface area contributed by atoms with Gasteiger partial charge in [0.2, 0.25) is 0 Å². The highest BCUT2D eigenvalue weighted by molar-refractivity contribution is 5.16. The standard InChI is InChI=1S/C15H24N2O.C2H6/c1-12(2)15-5-4-13(10-16-15)11-17-8-6-14(18-3)7-9-17;1-2/h4-5,10,12,14H,6-9,11H2,1-3H3;1-2H3. The molecule has 0 aromatic carbocycles. The Morgan fingerprint density at radius 1 is 1.25 bits per heavy atom. The van der Waals surface area contributed by atoms with E-state index in [2.05, 4.69) is 35.9 Å². The van der Waals surface area contributed by atoms with E-state index in [0.29, 0.717) is 12.0 Å². The molecule has 0 unspecified atom stereocenters. The number of rotatable bonds is 4. The molecule has 0 saturated carbocycles. The van der Waals surface area contributed by atoms with Crippen LogP contribution in [0.3, 0.4) is 0 Å². The van der Waals surface area contributed by atoms with E-state index in [4.69, 9.17) is 4.74 Å². The van der Waals surface area contributed by atoms with E-state index in [1.807, 2.05) is 27.2 Å². The normalized spacial score (nSPS) is 16.9. The summed E-state index contributed by atoms with van der Waals surface area (Å²) in [5.41, 5.74) is 2.49. The Labute approximate surface area is 124 Å². The van der Waals surface area contributed by atoms with Gasteiger partial charge in [-0.1, -0.05) is 33.8 Å². The average molecular weight is 278 g/mol. The highest BCUT2D eigenvalue weighted by Crippen LogP contribution is 2.16. The molecule has 0 radical (unpaired) electrons. The largest absolute Gasteiger partial charge is 0.381 e. The van der Waals surface area contributed by atoms with E-state index in [1.165, 1.54) is 11.3 Å². The molecule has 114 valence electrons. The van der Waals surface area contributed by atoms with Gasteiger partial charge in [-0.25, -0.2) is 0 Å². The van der Waals surface area contributed by atoms with Crippen molar-refractivity contribution < 1.29 is 4.74 Å². The zero-order valence-corrected chi connectivity index (χ0v) is 13.7. The second kappa shape index (κ2) is 9.09. The van der Waals surface area contributed by atoms with Crippen LogP contribution < -0.4 is 0 Å². The van der Waals surface area contributed by atoms with Crippen LogP contribution in [0.1, 0.15) is 57.7 Å². The fourth-order valence-corrected chi connectivity index (χ4v) is 2.43. The molecule has 3 nitrogen and oxygen atoms in total. The molecule has 1 aromatic rings. The summed E-state index contributed by atoms with van der Waals surface area (Å²) in [6.45, 7) is 11.6. The Morgan fingerprint density at radius 2 is 1.90 bits per heavy atom. The zero-order valence-electron chi connectivity index (χ0n) is 13.7. The van der Waals surface area contributed by atoms with Gasteiger partial charge in [0.15, 0.2) is 0 Å². The van der Waals surface area contributed by atoms with E-state index in [0.717, 1.165) is 32.5 Å². The van der Waals surface area contributed by atoms with Crippen LogP contribution in [0.5, 0.6) is 0 Å². The van der Waals surface area contributed by atoms with Crippen LogP contribution in [0.25, 0.3) is 0 Å². The molecule has 1 aliphatic heterocycles. The van der Waals surface area contributed by atoms with Crippen LogP contribution in [0.4, 0.5) is 0 Å². The van der Waals surface area contributed by atoms with Gasteiger partial charge in [-0.3, -0.25) is 9.88 Å². The molecule has 1 fully saturated rings. The molecule has 1 aliphatic rings. The fraction of sp³-hybridized carbons (Fsp3) is 0.706. The van der Waals surface area contributed by atoms with Crippen molar-refractivity contribution in [2.75, 3.05) is 20.2 Å². The Morgan fingerprint density at radius 3 is 2.35 bits per heavy atom.